The summed E-state index contributed by atoms with van der Waals surface area (Å²) in [5.41, 5.74) is -0.803. The predicted octanol–water partition coefficient (Wildman–Crippen LogP) is 1.33. The average molecular weight is 316 g/mol. The number of hydrogen-bond acceptors (Lipinski definition) is 5. The molecule has 1 aliphatic heterocycles. The molecule has 1 unspecified atom stereocenters. The highest BCUT2D eigenvalue weighted by Gasteiger charge is 2.34. The fourth-order valence-corrected chi connectivity index (χ4v) is 3.97. The van der Waals surface area contributed by atoms with Crippen LogP contribution in [0.1, 0.15) is 12.8 Å². The lowest BCUT2D eigenvalue weighted by atomic mass is 10.0. The van der Waals surface area contributed by atoms with Crippen molar-refractivity contribution in [3.63, 3.8) is 0 Å². The maximum absolute atomic E-state index is 13.1. The highest BCUT2D eigenvalue weighted by Crippen LogP contribution is 2.29. The van der Waals surface area contributed by atoms with Crippen molar-refractivity contribution in [3.8, 4) is 0 Å². The number of nitro benzene ring substituents is 1. The van der Waals surface area contributed by atoms with E-state index in [1.165, 1.54) is 0 Å². The van der Waals surface area contributed by atoms with Gasteiger partial charge in [0.1, 0.15) is 12.1 Å². The molecule has 0 aliphatic carbocycles. The maximum Gasteiger partial charge on any atom is 0.292 e. The second kappa shape index (κ2) is 5.86. The van der Waals surface area contributed by atoms with Gasteiger partial charge in [-0.2, -0.15) is 4.31 Å². The van der Waals surface area contributed by atoms with Gasteiger partial charge >= 0.3 is 0 Å². The number of nitro groups is 1. The van der Waals surface area contributed by atoms with Crippen molar-refractivity contribution >= 4 is 22.0 Å². The Balaban J connectivity index is 2.44. The number of rotatable bonds is 4. The summed E-state index contributed by atoms with van der Waals surface area (Å²) in [6.07, 6.45) is 1.76. The quantitative estimate of drug-likeness (QED) is 0.474. The summed E-state index contributed by atoms with van der Waals surface area (Å²) in [6, 6.07) is 2.32. The minimum atomic E-state index is -4.13. The Morgan fingerprint density at radius 1 is 1.43 bits per heavy atom. The average Bonchev–Trinajstić information content (AvgIpc) is 2.46. The van der Waals surface area contributed by atoms with Gasteiger partial charge in [0.2, 0.25) is 10.0 Å². The lowest BCUT2D eigenvalue weighted by Crippen LogP contribution is -2.40. The van der Waals surface area contributed by atoms with Crippen LogP contribution in [0.4, 0.5) is 10.1 Å². The molecular formula is C12H13FN2O5S. The zero-order valence-electron chi connectivity index (χ0n) is 10.9. The molecule has 9 heteroatoms. The normalized spacial score (nSPS) is 20.1. The second-order valence-corrected chi connectivity index (χ2v) is 6.68. The fraction of sp³-hybridized carbons (Fsp3) is 0.417. The number of piperidine rings is 1. The van der Waals surface area contributed by atoms with E-state index in [0.717, 1.165) is 16.4 Å². The summed E-state index contributed by atoms with van der Waals surface area (Å²) in [6.45, 7) is 0.168. The van der Waals surface area contributed by atoms with Crippen LogP contribution in [0.3, 0.4) is 0 Å². The lowest BCUT2D eigenvalue weighted by Gasteiger charge is -2.29. The van der Waals surface area contributed by atoms with Crippen LogP contribution in [-0.2, 0) is 14.8 Å². The first-order valence-corrected chi connectivity index (χ1v) is 7.69. The molecule has 114 valence electrons. The Morgan fingerprint density at radius 3 is 2.76 bits per heavy atom. The van der Waals surface area contributed by atoms with Crippen LogP contribution < -0.4 is 0 Å². The van der Waals surface area contributed by atoms with Gasteiger partial charge in [-0.15, -0.1) is 0 Å². The Morgan fingerprint density at radius 2 is 2.14 bits per heavy atom. The largest absolute Gasteiger partial charge is 0.303 e. The van der Waals surface area contributed by atoms with Gasteiger partial charge in [0.15, 0.2) is 4.90 Å². The first-order chi connectivity index (χ1) is 9.86. The van der Waals surface area contributed by atoms with Gasteiger partial charge in [-0.1, -0.05) is 0 Å². The first kappa shape index (κ1) is 15.5. The molecule has 0 saturated carbocycles. The van der Waals surface area contributed by atoms with Crippen molar-refractivity contribution in [2.75, 3.05) is 13.1 Å². The van der Waals surface area contributed by atoms with Crippen LogP contribution >= 0.6 is 0 Å². The summed E-state index contributed by atoms with van der Waals surface area (Å²) in [4.78, 5) is 20.2. The molecule has 1 aromatic carbocycles. The number of halogens is 1. The maximum atomic E-state index is 13.1. The van der Waals surface area contributed by atoms with E-state index in [-0.39, 0.29) is 13.1 Å². The summed E-state index contributed by atoms with van der Waals surface area (Å²) >= 11 is 0. The molecule has 1 aromatic rings. The van der Waals surface area contributed by atoms with Gasteiger partial charge < -0.3 is 4.79 Å². The van der Waals surface area contributed by atoms with Gasteiger partial charge in [0.05, 0.1) is 11.0 Å². The molecule has 0 spiro atoms. The molecule has 1 fully saturated rings. The number of nitrogens with zero attached hydrogens (tertiary/aromatic N) is 2. The Bertz CT molecular complexity index is 676. The number of hydrogen-bond donors (Lipinski definition) is 0. The molecule has 2 rings (SSSR count). The minimum absolute atomic E-state index is 0.0135. The lowest BCUT2D eigenvalue weighted by molar-refractivity contribution is -0.388. The molecule has 0 radical (unpaired) electrons. The monoisotopic (exact) mass is 316 g/mol. The van der Waals surface area contributed by atoms with Crippen LogP contribution in [0.15, 0.2) is 23.1 Å². The van der Waals surface area contributed by atoms with Crippen molar-refractivity contribution in [2.45, 2.75) is 17.7 Å². The standard InChI is InChI=1S/C12H13FN2O5S/c13-10-3-4-12(11(6-10)15(17)18)21(19,20)14-5-1-2-9(7-14)8-16/h3-4,6,8-9H,1-2,5,7H2. The van der Waals surface area contributed by atoms with E-state index < -0.39 is 37.3 Å². The number of sulfonamides is 1. The van der Waals surface area contributed by atoms with Gasteiger partial charge in [0, 0.05) is 19.0 Å². The topological polar surface area (TPSA) is 97.6 Å². The smallest absolute Gasteiger partial charge is 0.292 e. The SMILES string of the molecule is O=CC1CCCN(S(=O)(=O)c2ccc(F)cc2[N+](=O)[O-])C1. The molecule has 21 heavy (non-hydrogen) atoms. The molecule has 7 nitrogen and oxygen atoms in total. The van der Waals surface area contributed by atoms with Gasteiger partial charge in [0.25, 0.3) is 5.69 Å². The first-order valence-electron chi connectivity index (χ1n) is 6.25. The van der Waals surface area contributed by atoms with E-state index in [1.54, 1.807) is 0 Å². The third-order valence-corrected chi connectivity index (χ3v) is 5.26. The fourth-order valence-electron chi connectivity index (χ4n) is 2.29. The predicted molar refractivity (Wildman–Crippen MR) is 70.6 cm³/mol. The van der Waals surface area contributed by atoms with E-state index in [9.17, 15) is 27.7 Å². The van der Waals surface area contributed by atoms with Crippen molar-refractivity contribution in [2.24, 2.45) is 5.92 Å². The number of carbonyl (C=O) groups excluding carboxylic acids is 1. The summed E-state index contributed by atoms with van der Waals surface area (Å²) in [5, 5.41) is 10.9. The summed E-state index contributed by atoms with van der Waals surface area (Å²) < 4.78 is 39.1. The van der Waals surface area contributed by atoms with Crippen LogP contribution in [0, 0.1) is 21.8 Å². The van der Waals surface area contributed by atoms with Gasteiger partial charge in [-0.3, -0.25) is 10.1 Å². The Hall–Kier alpha value is -1.87. The number of benzene rings is 1. The molecular weight excluding hydrogens is 303 g/mol. The molecule has 1 heterocycles. The highest BCUT2D eigenvalue weighted by atomic mass is 32.2. The van der Waals surface area contributed by atoms with E-state index in [4.69, 9.17) is 0 Å². The molecule has 1 saturated heterocycles. The van der Waals surface area contributed by atoms with Gasteiger partial charge in [-0.25, -0.2) is 12.8 Å². The zero-order valence-corrected chi connectivity index (χ0v) is 11.8. The third kappa shape index (κ3) is 3.08. The van der Waals surface area contributed by atoms with E-state index in [0.29, 0.717) is 25.2 Å². The molecule has 0 amide bonds. The van der Waals surface area contributed by atoms with Crippen molar-refractivity contribution in [1.82, 2.24) is 4.31 Å². The van der Waals surface area contributed by atoms with Crippen molar-refractivity contribution < 1.29 is 22.5 Å². The third-order valence-electron chi connectivity index (χ3n) is 3.35. The number of aldehydes is 1. The summed E-state index contributed by atoms with van der Waals surface area (Å²) in [5.74, 6) is -1.31. The van der Waals surface area contributed by atoms with E-state index >= 15 is 0 Å². The molecule has 1 aliphatic rings. The summed E-state index contributed by atoms with van der Waals surface area (Å²) in [7, 11) is -4.13. The Labute approximate surface area is 120 Å². The van der Waals surface area contributed by atoms with E-state index in [1.807, 2.05) is 0 Å². The van der Waals surface area contributed by atoms with Crippen LogP contribution in [0.5, 0.6) is 0 Å². The van der Waals surface area contributed by atoms with E-state index in [2.05, 4.69) is 0 Å². The molecule has 0 bridgehead atoms. The van der Waals surface area contributed by atoms with Crippen LogP contribution in [-0.4, -0.2) is 37.0 Å². The zero-order chi connectivity index (χ0) is 15.6. The second-order valence-electron chi connectivity index (χ2n) is 4.77. The van der Waals surface area contributed by atoms with Crippen LogP contribution in [0.25, 0.3) is 0 Å². The molecule has 0 aromatic heterocycles. The molecule has 1 atom stereocenters. The molecule has 0 N–H and O–H groups in total. The number of carbonyl (C=O) groups is 1. The van der Waals surface area contributed by atoms with Crippen molar-refractivity contribution in [1.29, 1.82) is 0 Å². The Kier molecular flexibility index (Phi) is 4.33. The highest BCUT2D eigenvalue weighted by molar-refractivity contribution is 7.89. The van der Waals surface area contributed by atoms with Gasteiger partial charge in [-0.05, 0) is 25.0 Å². The van der Waals surface area contributed by atoms with Crippen molar-refractivity contribution in [3.05, 3.63) is 34.1 Å². The minimum Gasteiger partial charge on any atom is -0.303 e. The van der Waals surface area contributed by atoms with Crippen LogP contribution in [0.2, 0.25) is 0 Å².